The number of allylic oxidation sites excluding steroid dienone is 2. The van der Waals surface area contributed by atoms with E-state index in [1.165, 1.54) is 38.5 Å². The van der Waals surface area contributed by atoms with Gasteiger partial charge in [0.05, 0.1) is 37.4 Å². The highest BCUT2D eigenvalue weighted by atomic mass is 35.5. The van der Waals surface area contributed by atoms with Crippen LogP contribution in [-0.2, 0) is 19.2 Å². The molecule has 54 heavy (non-hydrogen) atoms. The zero-order valence-corrected chi connectivity index (χ0v) is 30.3. The third kappa shape index (κ3) is 4.94. The molecule has 2 aliphatic heterocycles. The Hall–Kier alpha value is -5.52. The minimum Gasteiger partial charge on any atom is -0.508 e. The molecule has 10 nitrogen and oxygen atoms in total. The third-order valence-electron chi connectivity index (χ3n) is 11.1. The molecule has 2 heterocycles. The number of amides is 4. The lowest BCUT2D eigenvalue weighted by Gasteiger charge is -2.51. The predicted molar refractivity (Wildman–Crippen MR) is 197 cm³/mol. The van der Waals surface area contributed by atoms with Crippen LogP contribution >= 0.6 is 23.2 Å². The molecule has 6 atom stereocenters. The summed E-state index contributed by atoms with van der Waals surface area (Å²) in [6.07, 6.45) is 1.55. The molecule has 0 bridgehead atoms. The molecule has 1 N–H and O–H groups in total. The van der Waals surface area contributed by atoms with Crippen molar-refractivity contribution in [1.29, 1.82) is 0 Å². The second-order valence-corrected chi connectivity index (χ2v) is 15.0. The van der Waals surface area contributed by atoms with E-state index in [0.29, 0.717) is 16.7 Å². The van der Waals surface area contributed by atoms with Crippen LogP contribution in [0.5, 0.6) is 17.2 Å². The number of alkyl halides is 2. The molecule has 0 spiro atoms. The van der Waals surface area contributed by atoms with Crippen LogP contribution < -0.4 is 19.3 Å². The standard InChI is InChI=1S/C41H31Cl2FN2O8/c1-53-30-18-26(47)19-31(54-2)33(30)34-27-16-17-28-32(29(27)20-40(42)38(51)46(39(52)41(34,40)43)25-14-10-23(44)11-15-25)37(50)45(36(28)49)24-12-8-22(9-13-24)35(48)21-6-4-3-5-7-21/h3-16,18-19,28-29,32,34,47H,17,20H2,1-2H3/t28-,29+,32-,34+,40+,41-/m0/s1. The zero-order chi connectivity index (χ0) is 38.3. The number of hydrogen-bond donors (Lipinski definition) is 1. The van der Waals surface area contributed by atoms with Crippen LogP contribution in [0.2, 0.25) is 0 Å². The average molecular weight is 770 g/mol. The quantitative estimate of drug-likeness (QED) is 0.0971. The van der Waals surface area contributed by atoms with Crippen molar-refractivity contribution in [3.8, 4) is 17.2 Å². The maximum atomic E-state index is 14.7. The van der Waals surface area contributed by atoms with Gasteiger partial charge >= 0.3 is 0 Å². The van der Waals surface area contributed by atoms with Gasteiger partial charge in [0.1, 0.15) is 23.1 Å². The number of ketones is 1. The fourth-order valence-corrected chi connectivity index (χ4v) is 9.62. The van der Waals surface area contributed by atoms with E-state index in [9.17, 15) is 33.5 Å². The number of fused-ring (bicyclic) bond motifs is 4. The lowest BCUT2D eigenvalue weighted by Crippen LogP contribution is -2.60. The Morgan fingerprint density at radius 2 is 1.35 bits per heavy atom. The van der Waals surface area contributed by atoms with Gasteiger partial charge in [0, 0.05) is 34.7 Å². The van der Waals surface area contributed by atoms with Crippen LogP contribution in [0, 0.1) is 23.6 Å². The first-order chi connectivity index (χ1) is 25.8. The number of ether oxygens (including phenoxy) is 2. The number of benzene rings is 4. The van der Waals surface area contributed by atoms with Crippen molar-refractivity contribution in [3.05, 3.63) is 125 Å². The number of methoxy groups -OCH3 is 2. The second kappa shape index (κ2) is 12.8. The Balaban J connectivity index is 1.24. The van der Waals surface area contributed by atoms with E-state index >= 15 is 0 Å². The highest BCUT2D eigenvalue weighted by Crippen LogP contribution is 2.67. The van der Waals surface area contributed by atoms with Gasteiger partial charge in [0.25, 0.3) is 11.8 Å². The molecule has 4 aromatic carbocycles. The lowest BCUT2D eigenvalue weighted by molar-refractivity contribution is -0.125. The Morgan fingerprint density at radius 1 is 0.778 bits per heavy atom. The molecule has 4 aromatic rings. The number of phenols is 1. The van der Waals surface area contributed by atoms with E-state index in [2.05, 4.69) is 0 Å². The van der Waals surface area contributed by atoms with E-state index in [4.69, 9.17) is 32.7 Å². The van der Waals surface area contributed by atoms with E-state index in [1.807, 2.05) is 0 Å². The third-order valence-corrected chi connectivity index (χ3v) is 12.6. The monoisotopic (exact) mass is 768 g/mol. The number of anilines is 2. The van der Waals surface area contributed by atoms with Crippen LogP contribution in [0.1, 0.15) is 40.2 Å². The fourth-order valence-electron chi connectivity index (χ4n) is 8.70. The van der Waals surface area contributed by atoms with Crippen molar-refractivity contribution < 1.29 is 42.9 Å². The molecule has 274 valence electrons. The van der Waals surface area contributed by atoms with Gasteiger partial charge in [-0.25, -0.2) is 9.29 Å². The lowest BCUT2D eigenvalue weighted by atomic mass is 9.56. The number of carbonyl (C=O) groups excluding carboxylic acids is 5. The molecular formula is C41H31Cl2FN2O8. The number of hydrogen-bond acceptors (Lipinski definition) is 8. The van der Waals surface area contributed by atoms with Crippen molar-refractivity contribution in [3.63, 3.8) is 0 Å². The second-order valence-electron chi connectivity index (χ2n) is 13.8. The maximum absolute atomic E-state index is 14.7. The molecule has 0 radical (unpaired) electrons. The highest BCUT2D eigenvalue weighted by molar-refractivity contribution is 6.58. The van der Waals surface area contributed by atoms with E-state index < -0.39 is 62.9 Å². The van der Waals surface area contributed by atoms with Crippen LogP contribution in [0.25, 0.3) is 0 Å². The van der Waals surface area contributed by atoms with Gasteiger partial charge in [-0.15, -0.1) is 23.2 Å². The Labute approximate surface area is 318 Å². The van der Waals surface area contributed by atoms with Gasteiger partial charge in [-0.3, -0.25) is 28.9 Å². The van der Waals surface area contributed by atoms with E-state index in [-0.39, 0.29) is 52.8 Å². The van der Waals surface area contributed by atoms with Gasteiger partial charge in [-0.05, 0) is 67.3 Å². The van der Waals surface area contributed by atoms with Crippen LogP contribution in [0.15, 0.2) is 103 Å². The van der Waals surface area contributed by atoms with Crippen molar-refractivity contribution in [1.82, 2.24) is 0 Å². The number of halogens is 3. The fraction of sp³-hybridized carbons (Fsp3) is 0.244. The molecule has 8 rings (SSSR count). The number of imide groups is 2. The molecule has 3 fully saturated rings. The highest BCUT2D eigenvalue weighted by Gasteiger charge is 2.77. The number of nitrogens with zero attached hydrogens (tertiary/aromatic N) is 2. The number of carbonyl (C=O) groups is 5. The van der Waals surface area contributed by atoms with Crippen molar-refractivity contribution in [2.24, 2.45) is 17.8 Å². The summed E-state index contributed by atoms with van der Waals surface area (Å²) >= 11 is 15.0. The first kappa shape index (κ1) is 35.5. The van der Waals surface area contributed by atoms with Gasteiger partial charge < -0.3 is 14.6 Å². The summed E-state index contributed by atoms with van der Waals surface area (Å²) < 4.78 is 25.4. The summed E-state index contributed by atoms with van der Waals surface area (Å²) in [5.74, 6) is -7.69. The van der Waals surface area contributed by atoms with Gasteiger partial charge in [0.2, 0.25) is 11.8 Å². The maximum Gasteiger partial charge on any atom is 0.258 e. The summed E-state index contributed by atoms with van der Waals surface area (Å²) in [4.78, 5) is 68.5. The average Bonchev–Trinajstić information content (AvgIpc) is 3.52. The minimum atomic E-state index is -2.25. The first-order valence-corrected chi connectivity index (χ1v) is 17.9. The zero-order valence-electron chi connectivity index (χ0n) is 28.8. The molecule has 4 amide bonds. The minimum absolute atomic E-state index is 0.0338. The molecule has 13 heteroatoms. The summed E-state index contributed by atoms with van der Waals surface area (Å²) in [6.45, 7) is 0. The van der Waals surface area contributed by atoms with E-state index in [1.54, 1.807) is 60.7 Å². The molecule has 0 unspecified atom stereocenters. The summed E-state index contributed by atoms with van der Waals surface area (Å²) in [5, 5.41) is 10.6. The largest absolute Gasteiger partial charge is 0.508 e. The van der Waals surface area contributed by atoms with E-state index in [0.717, 1.165) is 21.9 Å². The van der Waals surface area contributed by atoms with Crippen LogP contribution in [0.3, 0.4) is 0 Å². The SMILES string of the molecule is COc1cc(O)cc(OC)c1[C@H]1C2=CC[C@@H]3C(=O)N(c4ccc(C(=O)c5ccccc5)cc4)C(=O)[C@@H]3[C@@H]2C[C@@]2(Cl)C(=O)N(c3ccc(F)cc3)C(=O)[C@@]12Cl. The summed E-state index contributed by atoms with van der Waals surface area (Å²) in [6, 6.07) is 22.2. The normalized spacial score (nSPS) is 27.3. The number of phenolic OH excluding ortho intramolecular Hbond substituents is 1. The van der Waals surface area contributed by atoms with Gasteiger partial charge in [-0.1, -0.05) is 42.0 Å². The molecular weight excluding hydrogens is 738 g/mol. The van der Waals surface area contributed by atoms with Crippen LogP contribution in [-0.4, -0.2) is 58.5 Å². The first-order valence-electron chi connectivity index (χ1n) is 17.1. The number of rotatable bonds is 7. The summed E-state index contributed by atoms with van der Waals surface area (Å²) in [5.41, 5.74) is 1.82. The van der Waals surface area contributed by atoms with Crippen molar-refractivity contribution in [2.75, 3.05) is 24.0 Å². The van der Waals surface area contributed by atoms with Gasteiger partial charge in [0.15, 0.2) is 15.5 Å². The topological polar surface area (TPSA) is 131 Å². The number of aromatic hydroxyl groups is 1. The van der Waals surface area contributed by atoms with Gasteiger partial charge in [-0.2, -0.15) is 0 Å². The predicted octanol–water partition coefficient (Wildman–Crippen LogP) is 6.55. The molecule has 0 aromatic heterocycles. The molecule has 2 aliphatic carbocycles. The van der Waals surface area contributed by atoms with Crippen molar-refractivity contribution >= 4 is 64.0 Å². The molecule has 1 saturated carbocycles. The summed E-state index contributed by atoms with van der Waals surface area (Å²) in [7, 11) is 2.70. The Morgan fingerprint density at radius 3 is 1.96 bits per heavy atom. The Bertz CT molecular complexity index is 2270. The Kier molecular flexibility index (Phi) is 8.42. The van der Waals surface area contributed by atoms with Crippen molar-refractivity contribution in [2.45, 2.75) is 28.5 Å². The van der Waals surface area contributed by atoms with Crippen LogP contribution in [0.4, 0.5) is 15.8 Å². The molecule has 2 saturated heterocycles. The smallest absolute Gasteiger partial charge is 0.258 e. The molecule has 4 aliphatic rings.